The molecule has 0 aliphatic carbocycles. The summed E-state index contributed by atoms with van der Waals surface area (Å²) >= 11 is 1.76. The summed E-state index contributed by atoms with van der Waals surface area (Å²) in [6.07, 6.45) is 5.92. The molecule has 0 amide bonds. The standard InChI is InChI=1S/C15H21N3S/c1-4-12-6-7-13(18-9-12)8-14(16-5-2)15-10-17-11(3)19-15/h6-7,9-10,14,16H,4-5,8H2,1-3H3. The van der Waals surface area contributed by atoms with Crippen molar-refractivity contribution in [2.45, 2.75) is 39.7 Å². The van der Waals surface area contributed by atoms with Crippen LogP contribution < -0.4 is 5.32 Å². The minimum atomic E-state index is 0.316. The highest BCUT2D eigenvalue weighted by Crippen LogP contribution is 2.23. The lowest BCUT2D eigenvalue weighted by Gasteiger charge is -2.15. The van der Waals surface area contributed by atoms with Gasteiger partial charge in [0, 0.05) is 35.4 Å². The summed E-state index contributed by atoms with van der Waals surface area (Å²) in [5.41, 5.74) is 2.42. The van der Waals surface area contributed by atoms with Gasteiger partial charge in [-0.15, -0.1) is 11.3 Å². The van der Waals surface area contributed by atoms with Gasteiger partial charge in [0.25, 0.3) is 0 Å². The van der Waals surface area contributed by atoms with Gasteiger partial charge in [-0.3, -0.25) is 4.98 Å². The largest absolute Gasteiger partial charge is 0.309 e. The van der Waals surface area contributed by atoms with Crippen molar-refractivity contribution >= 4 is 11.3 Å². The molecule has 2 aromatic rings. The van der Waals surface area contributed by atoms with Crippen LogP contribution >= 0.6 is 11.3 Å². The van der Waals surface area contributed by atoms with Gasteiger partial charge in [0.2, 0.25) is 0 Å². The lowest BCUT2D eigenvalue weighted by Crippen LogP contribution is -2.22. The second-order valence-electron chi connectivity index (χ2n) is 4.61. The Labute approximate surface area is 119 Å². The first-order valence-corrected chi connectivity index (χ1v) is 7.64. The summed E-state index contributed by atoms with van der Waals surface area (Å²) in [6.45, 7) is 7.28. The molecule has 0 saturated carbocycles. The lowest BCUT2D eigenvalue weighted by atomic mass is 10.1. The number of hydrogen-bond donors (Lipinski definition) is 1. The monoisotopic (exact) mass is 275 g/mol. The van der Waals surface area contributed by atoms with E-state index in [9.17, 15) is 0 Å². The summed E-state index contributed by atoms with van der Waals surface area (Å²) in [7, 11) is 0. The first kappa shape index (κ1) is 14.2. The van der Waals surface area contributed by atoms with Gasteiger partial charge < -0.3 is 5.32 Å². The number of nitrogens with zero attached hydrogens (tertiary/aromatic N) is 2. The van der Waals surface area contributed by atoms with Crippen molar-refractivity contribution in [3.63, 3.8) is 0 Å². The molecule has 2 heterocycles. The first-order valence-electron chi connectivity index (χ1n) is 6.82. The minimum Gasteiger partial charge on any atom is -0.309 e. The van der Waals surface area contributed by atoms with E-state index in [1.165, 1.54) is 10.4 Å². The average Bonchev–Trinajstić information content (AvgIpc) is 2.86. The Hall–Kier alpha value is -1.26. The summed E-state index contributed by atoms with van der Waals surface area (Å²) in [5.74, 6) is 0. The quantitative estimate of drug-likeness (QED) is 0.879. The van der Waals surface area contributed by atoms with Crippen molar-refractivity contribution in [2.75, 3.05) is 6.54 Å². The van der Waals surface area contributed by atoms with Gasteiger partial charge in [-0.2, -0.15) is 0 Å². The SMILES string of the molecule is CCNC(Cc1ccc(CC)cn1)c1cnc(C)s1. The molecule has 1 atom stereocenters. The molecule has 1 unspecified atom stereocenters. The summed E-state index contributed by atoms with van der Waals surface area (Å²) < 4.78 is 0. The number of hydrogen-bond acceptors (Lipinski definition) is 4. The van der Waals surface area contributed by atoms with E-state index in [1.807, 2.05) is 19.3 Å². The highest BCUT2D eigenvalue weighted by Gasteiger charge is 2.14. The molecule has 0 aliphatic rings. The molecular formula is C15H21N3S. The van der Waals surface area contributed by atoms with Crippen molar-refractivity contribution < 1.29 is 0 Å². The Morgan fingerprint density at radius 1 is 1.21 bits per heavy atom. The molecule has 1 N–H and O–H groups in total. The van der Waals surface area contributed by atoms with E-state index < -0.39 is 0 Å². The van der Waals surface area contributed by atoms with Crippen molar-refractivity contribution in [2.24, 2.45) is 0 Å². The highest BCUT2D eigenvalue weighted by atomic mass is 32.1. The molecule has 0 radical (unpaired) electrons. The molecule has 2 aromatic heterocycles. The maximum Gasteiger partial charge on any atom is 0.0897 e. The molecule has 102 valence electrons. The highest BCUT2D eigenvalue weighted by molar-refractivity contribution is 7.11. The molecule has 0 saturated heterocycles. The van der Waals surface area contributed by atoms with E-state index in [0.717, 1.165) is 30.1 Å². The zero-order valence-electron chi connectivity index (χ0n) is 11.8. The van der Waals surface area contributed by atoms with Gasteiger partial charge in [0.1, 0.15) is 0 Å². The Bertz CT molecular complexity index is 504. The van der Waals surface area contributed by atoms with E-state index in [0.29, 0.717) is 6.04 Å². The van der Waals surface area contributed by atoms with Crippen molar-refractivity contribution in [1.29, 1.82) is 0 Å². The molecule has 0 aromatic carbocycles. The topological polar surface area (TPSA) is 37.8 Å². The van der Waals surface area contributed by atoms with Crippen LogP contribution in [0.2, 0.25) is 0 Å². The zero-order chi connectivity index (χ0) is 13.7. The van der Waals surface area contributed by atoms with Crippen molar-refractivity contribution in [3.8, 4) is 0 Å². The number of pyridine rings is 1. The van der Waals surface area contributed by atoms with Crippen LogP contribution in [0.4, 0.5) is 0 Å². The predicted molar refractivity (Wildman–Crippen MR) is 80.6 cm³/mol. The Kier molecular flexibility index (Phi) is 5.05. The van der Waals surface area contributed by atoms with E-state index >= 15 is 0 Å². The molecule has 0 fully saturated rings. The second kappa shape index (κ2) is 6.78. The van der Waals surface area contributed by atoms with Gasteiger partial charge in [-0.25, -0.2) is 4.98 Å². The Balaban J connectivity index is 2.11. The lowest BCUT2D eigenvalue weighted by molar-refractivity contribution is 0.551. The fourth-order valence-corrected chi connectivity index (χ4v) is 2.91. The van der Waals surface area contributed by atoms with Gasteiger partial charge in [-0.1, -0.05) is 19.9 Å². The van der Waals surface area contributed by atoms with Crippen LogP contribution in [0.1, 0.15) is 41.0 Å². The summed E-state index contributed by atoms with van der Waals surface area (Å²) in [4.78, 5) is 10.2. The molecule has 19 heavy (non-hydrogen) atoms. The number of aromatic nitrogens is 2. The van der Waals surface area contributed by atoms with Crippen LogP contribution in [-0.4, -0.2) is 16.5 Å². The maximum absolute atomic E-state index is 4.55. The van der Waals surface area contributed by atoms with Crippen molar-refractivity contribution in [3.05, 3.63) is 45.7 Å². The van der Waals surface area contributed by atoms with E-state index in [4.69, 9.17) is 0 Å². The Morgan fingerprint density at radius 2 is 2.05 bits per heavy atom. The molecule has 0 spiro atoms. The third kappa shape index (κ3) is 3.85. The van der Waals surface area contributed by atoms with E-state index in [2.05, 4.69) is 41.3 Å². The van der Waals surface area contributed by atoms with Crippen LogP contribution in [0, 0.1) is 6.92 Å². The summed E-state index contributed by atoms with van der Waals surface area (Å²) in [6, 6.07) is 4.62. The van der Waals surface area contributed by atoms with E-state index in [1.54, 1.807) is 11.3 Å². The smallest absolute Gasteiger partial charge is 0.0897 e. The van der Waals surface area contributed by atoms with Gasteiger partial charge >= 0.3 is 0 Å². The van der Waals surface area contributed by atoms with Crippen LogP contribution in [0.15, 0.2) is 24.5 Å². The molecule has 4 heteroatoms. The average molecular weight is 275 g/mol. The fraction of sp³-hybridized carbons (Fsp3) is 0.467. The minimum absolute atomic E-state index is 0.316. The number of rotatable bonds is 6. The third-order valence-electron chi connectivity index (χ3n) is 3.14. The number of aryl methyl sites for hydroxylation is 2. The first-order chi connectivity index (χ1) is 9.22. The van der Waals surface area contributed by atoms with Crippen LogP contribution in [0.3, 0.4) is 0 Å². The normalized spacial score (nSPS) is 12.6. The van der Waals surface area contributed by atoms with Crippen LogP contribution in [0.25, 0.3) is 0 Å². The molecule has 2 rings (SSSR count). The zero-order valence-corrected chi connectivity index (χ0v) is 12.6. The van der Waals surface area contributed by atoms with Crippen molar-refractivity contribution in [1.82, 2.24) is 15.3 Å². The van der Waals surface area contributed by atoms with Gasteiger partial charge in [0.05, 0.1) is 5.01 Å². The van der Waals surface area contributed by atoms with E-state index in [-0.39, 0.29) is 0 Å². The van der Waals surface area contributed by atoms with Gasteiger partial charge in [0.15, 0.2) is 0 Å². The van der Waals surface area contributed by atoms with Crippen LogP contribution in [-0.2, 0) is 12.8 Å². The van der Waals surface area contributed by atoms with Crippen LogP contribution in [0.5, 0.6) is 0 Å². The molecule has 0 bridgehead atoms. The maximum atomic E-state index is 4.55. The summed E-state index contributed by atoms with van der Waals surface area (Å²) in [5, 5.41) is 4.64. The Morgan fingerprint density at radius 3 is 2.58 bits per heavy atom. The number of likely N-dealkylation sites (N-methyl/N-ethyl adjacent to an activating group) is 1. The van der Waals surface area contributed by atoms with Gasteiger partial charge in [-0.05, 0) is 31.5 Å². The third-order valence-corrected chi connectivity index (χ3v) is 4.17. The number of thiazole rings is 1. The molecule has 0 aliphatic heterocycles. The second-order valence-corrected chi connectivity index (χ2v) is 5.87. The number of nitrogens with one attached hydrogen (secondary N) is 1. The molecule has 3 nitrogen and oxygen atoms in total. The molecular weight excluding hydrogens is 254 g/mol. The predicted octanol–water partition coefficient (Wildman–Crippen LogP) is 3.30. The fourth-order valence-electron chi connectivity index (χ4n) is 2.05.